The predicted octanol–water partition coefficient (Wildman–Crippen LogP) is 2.78. The van der Waals surface area contributed by atoms with Crippen LogP contribution in [-0.4, -0.2) is 15.5 Å². The van der Waals surface area contributed by atoms with Gasteiger partial charge < -0.3 is 5.31 Å². The van der Waals surface area contributed by atoms with Crippen LogP contribution in [-0.2, 0) is 10.8 Å². The quantitative estimate of drug-likeness (QED) is 0.734. The first-order valence-corrected chi connectivity index (χ1v) is 6.45. The van der Waals surface area contributed by atoms with Gasteiger partial charge in [0.1, 0.15) is 0 Å². The lowest BCUT2D eigenvalue weighted by Gasteiger charge is -2.28. The van der Waals surface area contributed by atoms with E-state index in [9.17, 15) is 4.21 Å². The minimum absolute atomic E-state index is 0.197. The van der Waals surface area contributed by atoms with Gasteiger partial charge in [-0.15, -0.1) is 0 Å². The van der Waals surface area contributed by atoms with Gasteiger partial charge >= 0.3 is 0 Å². The maximum atomic E-state index is 12.5. The van der Waals surface area contributed by atoms with Gasteiger partial charge in [0.05, 0.1) is 21.4 Å². The zero-order valence-electron chi connectivity index (χ0n) is 10.2. The molecule has 1 aromatic rings. The third kappa shape index (κ3) is 2.07. The second-order valence-electron chi connectivity index (χ2n) is 4.48. The summed E-state index contributed by atoms with van der Waals surface area (Å²) in [5.41, 5.74) is 0.786. The van der Waals surface area contributed by atoms with Crippen molar-refractivity contribution < 1.29 is 5.62 Å². The molecule has 2 nitrogen and oxygen atoms in total. The third-order valence-corrected chi connectivity index (χ3v) is 4.74. The van der Waals surface area contributed by atoms with Crippen LogP contribution in [0, 0.1) is 0 Å². The summed E-state index contributed by atoms with van der Waals surface area (Å²) in [5.74, 6) is 0. The number of para-hydroxylation sites is 1. The average Bonchev–Trinajstić information content (AvgIpc) is 2.26. The van der Waals surface area contributed by atoms with E-state index in [1.54, 1.807) is 0 Å². The van der Waals surface area contributed by atoms with Crippen LogP contribution in [0.5, 0.6) is 0 Å². The van der Waals surface area contributed by atoms with Crippen LogP contribution in [0.1, 0.15) is 26.7 Å². The van der Waals surface area contributed by atoms with Crippen molar-refractivity contribution in [3.05, 3.63) is 24.3 Å². The van der Waals surface area contributed by atoms with Crippen LogP contribution in [0.3, 0.4) is 0 Å². The van der Waals surface area contributed by atoms with Crippen molar-refractivity contribution in [2.75, 3.05) is 11.9 Å². The normalized spacial score (nSPS) is 26.1. The van der Waals surface area contributed by atoms with Crippen LogP contribution in [0.25, 0.3) is 0 Å². The molecule has 0 aromatic heterocycles. The summed E-state index contributed by atoms with van der Waals surface area (Å²) in [6.07, 6.45) is 1.81. The van der Waals surface area contributed by atoms with E-state index in [4.69, 9.17) is 1.41 Å². The zero-order chi connectivity index (χ0) is 11.8. The molecule has 1 aliphatic heterocycles. The van der Waals surface area contributed by atoms with Crippen molar-refractivity contribution in [1.82, 2.24) is 0 Å². The largest absolute Gasteiger partial charge is 0.384 e. The van der Waals surface area contributed by atoms with Crippen molar-refractivity contribution in [1.29, 1.82) is 0 Å². The van der Waals surface area contributed by atoms with E-state index in [0.717, 1.165) is 23.4 Å². The first kappa shape index (κ1) is 9.40. The second kappa shape index (κ2) is 3.97. The number of rotatable bonds is 0. The first-order chi connectivity index (χ1) is 7.52. The fourth-order valence-corrected chi connectivity index (χ4v) is 3.29. The molecule has 2 rings (SSSR count). The van der Waals surface area contributed by atoms with Gasteiger partial charge in [-0.3, -0.25) is 4.21 Å². The van der Waals surface area contributed by atoms with Crippen molar-refractivity contribution in [2.45, 2.75) is 36.3 Å². The molecule has 0 amide bonds. The summed E-state index contributed by atoms with van der Waals surface area (Å²) < 4.78 is 20.2. The third-order valence-electron chi connectivity index (χ3n) is 2.79. The number of anilines is 1. The van der Waals surface area contributed by atoms with Crippen molar-refractivity contribution in [2.24, 2.45) is 0 Å². The van der Waals surface area contributed by atoms with Crippen molar-refractivity contribution in [3.63, 3.8) is 0 Å². The molecular formula is C12H17NOS. The maximum absolute atomic E-state index is 12.5. The van der Waals surface area contributed by atoms with Gasteiger partial charge in [0.15, 0.2) is 1.41 Å². The Morgan fingerprint density at radius 1 is 1.47 bits per heavy atom. The second-order valence-corrected chi connectivity index (χ2v) is 6.56. The van der Waals surface area contributed by atoms with Gasteiger partial charge in [-0.25, -0.2) is 0 Å². The van der Waals surface area contributed by atoms with Crippen LogP contribution in [0.2, 0.25) is 1.41 Å². The zero-order valence-corrected chi connectivity index (χ0v) is 10.0. The van der Waals surface area contributed by atoms with E-state index in [0.29, 0.717) is 6.54 Å². The van der Waals surface area contributed by atoms with E-state index in [-0.39, 0.29) is 4.75 Å². The molecule has 0 saturated carbocycles. The Morgan fingerprint density at radius 3 is 3.00 bits per heavy atom. The van der Waals surface area contributed by atoms with Gasteiger partial charge in [-0.2, -0.15) is 0 Å². The van der Waals surface area contributed by atoms with Crippen LogP contribution in [0.4, 0.5) is 5.69 Å². The Morgan fingerprint density at radius 2 is 2.20 bits per heavy atom. The number of fused-ring (bicyclic) bond motifs is 1. The van der Waals surface area contributed by atoms with E-state index in [1.165, 1.54) is 5.31 Å². The number of benzene rings is 1. The highest BCUT2D eigenvalue weighted by Crippen LogP contribution is 2.31. The lowest BCUT2D eigenvalue weighted by molar-refractivity contribution is 0.572. The molecule has 0 spiro atoms. The predicted molar refractivity (Wildman–Crippen MR) is 64.7 cm³/mol. The van der Waals surface area contributed by atoms with E-state index >= 15 is 0 Å². The fourth-order valence-electron chi connectivity index (χ4n) is 1.84. The molecular weight excluding hydrogens is 206 g/mol. The van der Waals surface area contributed by atoms with Gasteiger partial charge in [-0.1, -0.05) is 12.1 Å². The minimum Gasteiger partial charge on any atom is -0.384 e. The fraction of sp³-hybridized carbons (Fsp3) is 0.500. The summed E-state index contributed by atoms with van der Waals surface area (Å²) >= 11 is 0. The molecule has 1 aliphatic rings. The Bertz CT molecular complexity index is 419. The monoisotopic (exact) mass is 224 g/mol. The molecule has 0 bridgehead atoms. The summed E-state index contributed by atoms with van der Waals surface area (Å²) in [6.45, 7) is 4.79. The standard InChI is InChI=1S/C12H17NOS/c1-12(2)8-5-9-13-10-6-3-4-7-11(10)15(12)14/h3-4,6-7,13H,5,8-9H2,1-2H3/t15-/m1/s1/i/hD. The Hall–Kier alpha value is -0.830. The molecule has 1 aromatic carbocycles. The van der Waals surface area contributed by atoms with Crippen LogP contribution in [0.15, 0.2) is 29.2 Å². The van der Waals surface area contributed by atoms with Crippen LogP contribution < -0.4 is 5.31 Å². The molecule has 1 heterocycles. The van der Waals surface area contributed by atoms with E-state index in [1.807, 2.05) is 38.1 Å². The van der Waals surface area contributed by atoms with E-state index in [2.05, 4.69) is 0 Å². The number of hydrogen-bond acceptors (Lipinski definition) is 2. The summed E-state index contributed by atoms with van der Waals surface area (Å²) in [5, 5.41) is 1.46. The summed E-state index contributed by atoms with van der Waals surface area (Å²) in [7, 11) is -1.04. The molecule has 0 unspecified atom stereocenters. The van der Waals surface area contributed by atoms with E-state index < -0.39 is 10.8 Å². The SMILES string of the molecule is [2H]N1CCCC(C)(C)[S@](=O)c2ccccc21. The van der Waals surface area contributed by atoms with Gasteiger partial charge in [0, 0.05) is 11.3 Å². The number of nitrogens with one attached hydrogen (secondary N) is 1. The number of hydrogen-bond donors (Lipinski definition) is 1. The lowest BCUT2D eigenvalue weighted by atomic mass is 10.1. The molecule has 1 N–H and O–H groups in total. The maximum Gasteiger partial charge on any atom is 0.160 e. The summed E-state index contributed by atoms with van der Waals surface area (Å²) in [6, 6.07) is 7.54. The molecule has 0 aliphatic carbocycles. The van der Waals surface area contributed by atoms with Crippen molar-refractivity contribution in [3.8, 4) is 0 Å². The average molecular weight is 224 g/mol. The Kier molecular flexibility index (Phi) is 2.49. The smallest absolute Gasteiger partial charge is 0.160 e. The van der Waals surface area contributed by atoms with Gasteiger partial charge in [0.25, 0.3) is 0 Å². The highest BCUT2D eigenvalue weighted by Gasteiger charge is 2.29. The first-order valence-electron chi connectivity index (χ1n) is 5.74. The topological polar surface area (TPSA) is 29.1 Å². The lowest BCUT2D eigenvalue weighted by Crippen LogP contribution is -2.29. The highest BCUT2D eigenvalue weighted by atomic mass is 32.2. The minimum atomic E-state index is -1.04. The van der Waals surface area contributed by atoms with Crippen molar-refractivity contribution >= 4 is 16.5 Å². The Labute approximate surface area is 95.0 Å². The van der Waals surface area contributed by atoms with Gasteiger partial charge in [0.2, 0.25) is 0 Å². The molecule has 1 atom stereocenters. The molecule has 0 saturated heterocycles. The highest BCUT2D eigenvalue weighted by molar-refractivity contribution is 7.86. The molecule has 0 radical (unpaired) electrons. The van der Waals surface area contributed by atoms with Gasteiger partial charge in [-0.05, 0) is 38.8 Å². The summed E-state index contributed by atoms with van der Waals surface area (Å²) in [4.78, 5) is 0.794. The molecule has 15 heavy (non-hydrogen) atoms. The molecule has 3 heteroatoms. The Balaban J connectivity index is 2.52. The molecule has 0 fully saturated rings. The molecule has 82 valence electrons. The van der Waals surface area contributed by atoms with Crippen LogP contribution >= 0.6 is 0 Å².